The van der Waals surface area contributed by atoms with Crippen molar-refractivity contribution in [2.75, 3.05) is 72.7 Å². The molecule has 0 amide bonds. The second-order valence-electron chi connectivity index (χ2n) is 4.83. The molecule has 1 unspecified atom stereocenters. The summed E-state index contributed by atoms with van der Waals surface area (Å²) in [7, 11) is 0. The molecule has 1 aliphatic heterocycles. The molecule has 1 aliphatic rings. The lowest BCUT2D eigenvalue weighted by molar-refractivity contribution is -0.0777. The van der Waals surface area contributed by atoms with Crippen molar-refractivity contribution < 1.29 is 28.4 Å². The number of rotatable bonds is 5. The van der Waals surface area contributed by atoms with Gasteiger partial charge in [-0.05, 0) is 6.42 Å². The van der Waals surface area contributed by atoms with E-state index in [-0.39, 0.29) is 6.10 Å². The molecule has 0 bridgehead atoms. The lowest BCUT2D eigenvalue weighted by atomic mass is 10.3. The van der Waals surface area contributed by atoms with Crippen LogP contribution in [0.25, 0.3) is 0 Å². The normalized spacial score (nSPS) is 24.1. The van der Waals surface area contributed by atoms with Gasteiger partial charge < -0.3 is 28.4 Å². The van der Waals surface area contributed by atoms with E-state index >= 15 is 0 Å². The van der Waals surface area contributed by atoms with Crippen molar-refractivity contribution in [3.63, 3.8) is 0 Å². The van der Waals surface area contributed by atoms with Crippen LogP contribution in [0, 0.1) is 0 Å². The Morgan fingerprint density at radius 3 is 2.00 bits per heavy atom. The minimum atomic E-state index is -0.0492. The van der Waals surface area contributed by atoms with Gasteiger partial charge in [0.1, 0.15) is 6.10 Å². The Hall–Kier alpha value is -0.240. The Labute approximate surface area is 128 Å². The largest absolute Gasteiger partial charge is 0.379 e. The van der Waals surface area contributed by atoms with Gasteiger partial charge in [-0.2, -0.15) is 0 Å². The summed E-state index contributed by atoms with van der Waals surface area (Å²) in [5.74, 6) is 0. The Kier molecular flexibility index (Phi) is 13.2. The predicted octanol–water partition coefficient (Wildman–Crippen LogP) is 1.27. The SMILES string of the molecule is CCCCOCC1COCCOCCOCCOCCO1. The van der Waals surface area contributed by atoms with E-state index in [9.17, 15) is 0 Å². The van der Waals surface area contributed by atoms with Crippen LogP contribution in [0.2, 0.25) is 0 Å². The summed E-state index contributed by atoms with van der Waals surface area (Å²) in [6, 6.07) is 0. The van der Waals surface area contributed by atoms with Crippen molar-refractivity contribution in [2.24, 2.45) is 0 Å². The van der Waals surface area contributed by atoms with Gasteiger partial charge in [0.2, 0.25) is 0 Å². The van der Waals surface area contributed by atoms with Crippen molar-refractivity contribution in [3.05, 3.63) is 0 Å². The quantitative estimate of drug-likeness (QED) is 0.713. The van der Waals surface area contributed by atoms with E-state index in [1.165, 1.54) is 0 Å². The molecule has 6 heteroatoms. The van der Waals surface area contributed by atoms with Crippen LogP contribution >= 0.6 is 0 Å². The molecule has 0 saturated carbocycles. The molecule has 126 valence electrons. The van der Waals surface area contributed by atoms with E-state index in [0.29, 0.717) is 66.1 Å². The molecular formula is C15H30O6. The highest BCUT2D eigenvalue weighted by Gasteiger charge is 2.10. The van der Waals surface area contributed by atoms with Crippen LogP contribution in [0.4, 0.5) is 0 Å². The van der Waals surface area contributed by atoms with Gasteiger partial charge in [0.05, 0.1) is 66.1 Å². The van der Waals surface area contributed by atoms with Gasteiger partial charge in [-0.1, -0.05) is 13.3 Å². The van der Waals surface area contributed by atoms with Crippen LogP contribution in [-0.2, 0) is 28.4 Å². The van der Waals surface area contributed by atoms with Gasteiger partial charge in [-0.15, -0.1) is 0 Å². The Bertz CT molecular complexity index is 198. The first-order valence-electron chi connectivity index (χ1n) is 7.93. The zero-order chi connectivity index (χ0) is 15.0. The van der Waals surface area contributed by atoms with Crippen LogP contribution in [-0.4, -0.2) is 78.8 Å². The minimum Gasteiger partial charge on any atom is -0.379 e. The molecule has 0 aromatic carbocycles. The average Bonchev–Trinajstić information content (AvgIpc) is 2.51. The molecular weight excluding hydrogens is 276 g/mol. The topological polar surface area (TPSA) is 55.4 Å². The Morgan fingerprint density at radius 1 is 0.810 bits per heavy atom. The van der Waals surface area contributed by atoms with Crippen LogP contribution in [0.1, 0.15) is 19.8 Å². The van der Waals surface area contributed by atoms with Crippen molar-refractivity contribution in [1.29, 1.82) is 0 Å². The summed E-state index contributed by atoms with van der Waals surface area (Å²) in [5, 5.41) is 0. The fraction of sp³-hybridized carbons (Fsp3) is 1.00. The molecule has 1 fully saturated rings. The van der Waals surface area contributed by atoms with E-state index in [1.807, 2.05) is 0 Å². The zero-order valence-corrected chi connectivity index (χ0v) is 13.2. The molecule has 1 atom stereocenters. The first-order chi connectivity index (χ1) is 10.4. The lowest BCUT2D eigenvalue weighted by Gasteiger charge is -2.18. The Morgan fingerprint density at radius 2 is 1.38 bits per heavy atom. The fourth-order valence-corrected chi connectivity index (χ4v) is 1.75. The van der Waals surface area contributed by atoms with Gasteiger partial charge in [-0.25, -0.2) is 0 Å². The van der Waals surface area contributed by atoms with Crippen molar-refractivity contribution in [1.82, 2.24) is 0 Å². The smallest absolute Gasteiger partial charge is 0.104 e. The summed E-state index contributed by atoms with van der Waals surface area (Å²) in [6.07, 6.45) is 2.16. The third-order valence-electron chi connectivity index (χ3n) is 2.95. The molecule has 21 heavy (non-hydrogen) atoms. The van der Waals surface area contributed by atoms with E-state index in [1.54, 1.807) is 0 Å². The van der Waals surface area contributed by atoms with Crippen LogP contribution in [0.5, 0.6) is 0 Å². The van der Waals surface area contributed by atoms with Crippen LogP contribution in [0.15, 0.2) is 0 Å². The molecule has 1 heterocycles. The first kappa shape index (κ1) is 18.8. The second kappa shape index (κ2) is 14.7. The third-order valence-corrected chi connectivity index (χ3v) is 2.95. The summed E-state index contributed by atoms with van der Waals surface area (Å²) < 4.78 is 33.1. The number of ether oxygens (including phenoxy) is 6. The molecule has 0 spiro atoms. The predicted molar refractivity (Wildman–Crippen MR) is 78.7 cm³/mol. The number of unbranched alkanes of at least 4 members (excludes halogenated alkanes) is 1. The van der Waals surface area contributed by atoms with Crippen molar-refractivity contribution in [3.8, 4) is 0 Å². The summed E-state index contributed by atoms with van der Waals surface area (Å²) in [6.45, 7) is 8.58. The highest BCUT2D eigenvalue weighted by atomic mass is 16.6. The van der Waals surface area contributed by atoms with E-state index in [0.717, 1.165) is 19.4 Å². The van der Waals surface area contributed by atoms with Gasteiger partial charge in [-0.3, -0.25) is 0 Å². The molecule has 1 saturated heterocycles. The average molecular weight is 306 g/mol. The Balaban J connectivity index is 2.20. The summed E-state index contributed by atoms with van der Waals surface area (Å²) >= 11 is 0. The van der Waals surface area contributed by atoms with E-state index in [4.69, 9.17) is 28.4 Å². The molecule has 0 radical (unpaired) electrons. The van der Waals surface area contributed by atoms with Crippen molar-refractivity contribution >= 4 is 0 Å². The minimum absolute atomic E-state index is 0.0492. The molecule has 0 aromatic heterocycles. The molecule has 0 aliphatic carbocycles. The van der Waals surface area contributed by atoms with Gasteiger partial charge in [0, 0.05) is 6.61 Å². The van der Waals surface area contributed by atoms with Crippen LogP contribution < -0.4 is 0 Å². The van der Waals surface area contributed by atoms with Crippen molar-refractivity contribution in [2.45, 2.75) is 25.9 Å². The molecule has 0 aromatic rings. The number of hydrogen-bond acceptors (Lipinski definition) is 6. The summed E-state index contributed by atoms with van der Waals surface area (Å²) in [5.41, 5.74) is 0. The molecule has 1 rings (SSSR count). The number of hydrogen-bond donors (Lipinski definition) is 0. The maximum Gasteiger partial charge on any atom is 0.104 e. The summed E-state index contributed by atoms with van der Waals surface area (Å²) in [4.78, 5) is 0. The van der Waals surface area contributed by atoms with Gasteiger partial charge in [0.15, 0.2) is 0 Å². The maximum atomic E-state index is 5.74. The van der Waals surface area contributed by atoms with Gasteiger partial charge in [0.25, 0.3) is 0 Å². The zero-order valence-electron chi connectivity index (χ0n) is 13.2. The molecule has 0 N–H and O–H groups in total. The monoisotopic (exact) mass is 306 g/mol. The highest BCUT2D eigenvalue weighted by molar-refractivity contribution is 4.56. The lowest BCUT2D eigenvalue weighted by Crippen LogP contribution is -2.28. The second-order valence-corrected chi connectivity index (χ2v) is 4.83. The fourth-order valence-electron chi connectivity index (χ4n) is 1.75. The van der Waals surface area contributed by atoms with E-state index < -0.39 is 0 Å². The van der Waals surface area contributed by atoms with E-state index in [2.05, 4.69) is 6.92 Å². The third kappa shape index (κ3) is 12.0. The molecule has 6 nitrogen and oxygen atoms in total. The maximum absolute atomic E-state index is 5.74. The van der Waals surface area contributed by atoms with Crippen LogP contribution in [0.3, 0.4) is 0 Å². The van der Waals surface area contributed by atoms with Gasteiger partial charge >= 0.3 is 0 Å². The highest BCUT2D eigenvalue weighted by Crippen LogP contribution is 1.98. The standard InChI is InChI=1S/C15H30O6/c1-2-3-4-19-13-15-14-20-10-9-17-6-5-16-7-8-18-11-12-21-15/h15H,2-14H2,1H3. The first-order valence-corrected chi connectivity index (χ1v) is 7.93.